The fraction of sp³-hybridized carbons (Fsp3) is 0.333. The molecule has 1 amide bonds. The smallest absolute Gasteiger partial charge is 0.261 e. The number of thioether (sulfide) groups is 1. The normalized spacial score (nSPS) is 11.2. The molecule has 7 heteroatoms. The van der Waals surface area contributed by atoms with Crippen molar-refractivity contribution < 1.29 is 9.53 Å². The summed E-state index contributed by atoms with van der Waals surface area (Å²) in [6, 6.07) is 13.6. The third kappa shape index (κ3) is 4.48. The maximum atomic E-state index is 13.5. The van der Waals surface area contributed by atoms with Crippen LogP contribution in [0.1, 0.15) is 17.3 Å². The molecule has 0 unspecified atom stereocenters. The van der Waals surface area contributed by atoms with Gasteiger partial charge in [-0.2, -0.15) is 0 Å². The Hall–Kier alpha value is -2.09. The van der Waals surface area contributed by atoms with Gasteiger partial charge in [0.05, 0.1) is 16.9 Å². The number of carbonyl (C=O) groups is 1. The van der Waals surface area contributed by atoms with Crippen LogP contribution in [0.4, 0.5) is 5.13 Å². The minimum absolute atomic E-state index is 0.0242. The molecule has 0 bridgehead atoms. The van der Waals surface area contributed by atoms with Gasteiger partial charge in [-0.3, -0.25) is 9.69 Å². The highest BCUT2D eigenvalue weighted by molar-refractivity contribution is 7.98. The molecule has 28 heavy (non-hydrogen) atoms. The standard InChI is InChI=1S/C21H25N3O2S2/c1-5-26-16-10-8-12-18-19(16)22-21(28-18)24(14-13-23(2)3)20(25)15-9-6-7-11-17(15)27-4/h6-12H,5,13-14H2,1-4H3. The zero-order valence-electron chi connectivity index (χ0n) is 16.6. The number of amides is 1. The predicted molar refractivity (Wildman–Crippen MR) is 119 cm³/mol. The highest BCUT2D eigenvalue weighted by Gasteiger charge is 2.24. The number of benzene rings is 2. The van der Waals surface area contributed by atoms with Crippen molar-refractivity contribution >= 4 is 44.4 Å². The fourth-order valence-corrected chi connectivity index (χ4v) is 4.45. The first-order valence-corrected chi connectivity index (χ1v) is 11.2. The van der Waals surface area contributed by atoms with Gasteiger partial charge in [0.15, 0.2) is 5.13 Å². The summed E-state index contributed by atoms with van der Waals surface area (Å²) in [6.45, 7) is 3.86. The van der Waals surface area contributed by atoms with E-state index in [4.69, 9.17) is 9.72 Å². The van der Waals surface area contributed by atoms with Crippen LogP contribution in [-0.2, 0) is 0 Å². The number of ether oxygens (including phenoxy) is 1. The van der Waals surface area contributed by atoms with E-state index in [1.165, 1.54) is 11.3 Å². The number of thiazole rings is 1. The lowest BCUT2D eigenvalue weighted by Crippen LogP contribution is -2.37. The van der Waals surface area contributed by atoms with Crippen LogP contribution in [0.3, 0.4) is 0 Å². The first-order valence-electron chi connectivity index (χ1n) is 9.17. The molecule has 0 N–H and O–H groups in total. The molecular weight excluding hydrogens is 390 g/mol. The van der Waals surface area contributed by atoms with Crippen LogP contribution in [0, 0.1) is 0 Å². The summed E-state index contributed by atoms with van der Waals surface area (Å²) in [5.41, 5.74) is 1.52. The van der Waals surface area contributed by atoms with Crippen LogP contribution in [0.5, 0.6) is 5.75 Å². The molecule has 3 aromatic rings. The summed E-state index contributed by atoms with van der Waals surface area (Å²) in [7, 11) is 4.01. The van der Waals surface area contributed by atoms with Crippen molar-refractivity contribution in [3.63, 3.8) is 0 Å². The Morgan fingerprint density at radius 3 is 2.64 bits per heavy atom. The van der Waals surface area contributed by atoms with Gasteiger partial charge < -0.3 is 9.64 Å². The highest BCUT2D eigenvalue weighted by Crippen LogP contribution is 2.35. The Morgan fingerprint density at radius 2 is 1.93 bits per heavy atom. The SMILES string of the molecule is CCOc1cccc2sc(N(CCN(C)C)C(=O)c3ccccc3SC)nc12. The molecule has 0 fully saturated rings. The van der Waals surface area contributed by atoms with Gasteiger partial charge >= 0.3 is 0 Å². The number of rotatable bonds is 8. The minimum atomic E-state index is -0.0242. The number of hydrogen-bond donors (Lipinski definition) is 0. The summed E-state index contributed by atoms with van der Waals surface area (Å²) in [5, 5.41) is 0.699. The second-order valence-corrected chi connectivity index (χ2v) is 8.35. The Kier molecular flexibility index (Phi) is 6.93. The van der Waals surface area contributed by atoms with E-state index in [1.54, 1.807) is 16.7 Å². The van der Waals surface area contributed by atoms with E-state index in [9.17, 15) is 4.79 Å². The third-order valence-corrected chi connectivity index (χ3v) is 6.09. The molecule has 3 rings (SSSR count). The summed E-state index contributed by atoms with van der Waals surface area (Å²) in [4.78, 5) is 23.1. The van der Waals surface area contributed by atoms with E-state index >= 15 is 0 Å². The van der Waals surface area contributed by atoms with E-state index in [0.29, 0.717) is 23.8 Å². The third-order valence-electron chi connectivity index (χ3n) is 4.25. The fourth-order valence-electron chi connectivity index (χ4n) is 2.85. The van der Waals surface area contributed by atoms with E-state index in [0.717, 1.165) is 27.4 Å². The summed E-state index contributed by atoms with van der Waals surface area (Å²) in [5.74, 6) is 0.732. The minimum Gasteiger partial charge on any atom is -0.492 e. The molecule has 2 aromatic carbocycles. The predicted octanol–water partition coefficient (Wildman–Crippen LogP) is 4.63. The van der Waals surface area contributed by atoms with Gasteiger partial charge in [-0.25, -0.2) is 4.98 Å². The zero-order chi connectivity index (χ0) is 20.1. The number of carbonyl (C=O) groups excluding carboxylic acids is 1. The van der Waals surface area contributed by atoms with E-state index in [-0.39, 0.29) is 5.91 Å². The van der Waals surface area contributed by atoms with Crippen LogP contribution in [-0.4, -0.2) is 55.8 Å². The number of para-hydroxylation sites is 1. The lowest BCUT2D eigenvalue weighted by atomic mass is 10.2. The van der Waals surface area contributed by atoms with Gasteiger partial charge in [0, 0.05) is 18.0 Å². The van der Waals surface area contributed by atoms with Crippen molar-refractivity contribution in [3.8, 4) is 5.75 Å². The molecule has 0 radical (unpaired) electrons. The molecular formula is C21H25N3O2S2. The van der Waals surface area contributed by atoms with Crippen molar-refractivity contribution in [1.82, 2.24) is 9.88 Å². The summed E-state index contributed by atoms with van der Waals surface area (Å²) < 4.78 is 6.74. The van der Waals surface area contributed by atoms with Gasteiger partial charge in [0.2, 0.25) is 0 Å². The molecule has 0 aliphatic heterocycles. The quantitative estimate of drug-likeness (QED) is 0.502. The molecule has 0 saturated heterocycles. The second-order valence-electron chi connectivity index (χ2n) is 6.49. The molecule has 5 nitrogen and oxygen atoms in total. The van der Waals surface area contributed by atoms with Crippen LogP contribution in [0.15, 0.2) is 47.4 Å². The Balaban J connectivity index is 2.03. The molecule has 0 aliphatic rings. The van der Waals surface area contributed by atoms with Crippen molar-refractivity contribution in [2.24, 2.45) is 0 Å². The number of nitrogens with zero attached hydrogens (tertiary/aromatic N) is 3. The zero-order valence-corrected chi connectivity index (χ0v) is 18.3. The van der Waals surface area contributed by atoms with E-state index < -0.39 is 0 Å². The first kappa shape index (κ1) is 20.6. The van der Waals surface area contributed by atoms with Gasteiger partial charge in [0.1, 0.15) is 11.3 Å². The van der Waals surface area contributed by atoms with Crippen LogP contribution < -0.4 is 9.64 Å². The largest absolute Gasteiger partial charge is 0.492 e. The average Bonchev–Trinajstić information content (AvgIpc) is 3.13. The van der Waals surface area contributed by atoms with Crippen molar-refractivity contribution in [3.05, 3.63) is 48.0 Å². The molecule has 1 heterocycles. The molecule has 1 aromatic heterocycles. The van der Waals surface area contributed by atoms with Crippen LogP contribution >= 0.6 is 23.1 Å². The van der Waals surface area contributed by atoms with Gasteiger partial charge in [-0.15, -0.1) is 11.8 Å². The number of anilines is 1. The Bertz CT molecular complexity index is 956. The Labute approximate surface area is 174 Å². The van der Waals surface area contributed by atoms with Crippen molar-refractivity contribution in [2.45, 2.75) is 11.8 Å². The number of likely N-dealkylation sites (N-methyl/N-ethyl adjacent to an activating group) is 1. The van der Waals surface area contributed by atoms with Gasteiger partial charge in [-0.1, -0.05) is 29.5 Å². The molecule has 148 valence electrons. The molecule has 0 spiro atoms. The highest BCUT2D eigenvalue weighted by atomic mass is 32.2. The monoisotopic (exact) mass is 415 g/mol. The lowest BCUT2D eigenvalue weighted by Gasteiger charge is -2.22. The maximum absolute atomic E-state index is 13.5. The first-order chi connectivity index (χ1) is 13.5. The van der Waals surface area contributed by atoms with E-state index in [1.807, 2.05) is 69.7 Å². The van der Waals surface area contributed by atoms with Crippen molar-refractivity contribution in [2.75, 3.05) is 44.9 Å². The summed E-state index contributed by atoms with van der Waals surface area (Å²) >= 11 is 3.10. The summed E-state index contributed by atoms with van der Waals surface area (Å²) in [6.07, 6.45) is 1.99. The van der Waals surface area contributed by atoms with Gasteiger partial charge in [-0.05, 0) is 51.5 Å². The number of aromatic nitrogens is 1. The van der Waals surface area contributed by atoms with Crippen LogP contribution in [0.25, 0.3) is 10.2 Å². The van der Waals surface area contributed by atoms with E-state index in [2.05, 4.69) is 4.90 Å². The second kappa shape index (κ2) is 9.41. The molecule has 0 atom stereocenters. The Morgan fingerprint density at radius 1 is 1.14 bits per heavy atom. The van der Waals surface area contributed by atoms with Gasteiger partial charge in [0.25, 0.3) is 5.91 Å². The molecule has 0 aliphatic carbocycles. The van der Waals surface area contributed by atoms with Crippen molar-refractivity contribution in [1.29, 1.82) is 0 Å². The number of hydrogen-bond acceptors (Lipinski definition) is 6. The lowest BCUT2D eigenvalue weighted by molar-refractivity contribution is 0.0982. The number of fused-ring (bicyclic) bond motifs is 1. The molecule has 0 saturated carbocycles. The van der Waals surface area contributed by atoms with Crippen LogP contribution in [0.2, 0.25) is 0 Å². The topological polar surface area (TPSA) is 45.7 Å². The average molecular weight is 416 g/mol. The maximum Gasteiger partial charge on any atom is 0.261 e.